The predicted octanol–water partition coefficient (Wildman–Crippen LogP) is 3.86. The van der Waals surface area contributed by atoms with E-state index in [1.54, 1.807) is 12.1 Å². The number of hydrogen-bond acceptors (Lipinski definition) is 3. The van der Waals surface area contributed by atoms with Crippen molar-refractivity contribution in [2.45, 2.75) is 39.2 Å². The van der Waals surface area contributed by atoms with Crippen molar-refractivity contribution in [3.05, 3.63) is 47.2 Å². The van der Waals surface area contributed by atoms with Crippen LogP contribution in [0.2, 0.25) is 0 Å². The van der Waals surface area contributed by atoms with Gasteiger partial charge < -0.3 is 5.32 Å². The maximum Gasteiger partial charge on any atom is 0.132 e. The number of hydrogen-bond donors (Lipinski definition) is 1. The molecule has 0 bridgehead atoms. The summed E-state index contributed by atoms with van der Waals surface area (Å²) in [6.45, 7) is 6.03. The lowest BCUT2D eigenvalue weighted by atomic mass is 9.99. The fourth-order valence-electron chi connectivity index (χ4n) is 2.61. The normalized spacial score (nSPS) is 14.9. The summed E-state index contributed by atoms with van der Waals surface area (Å²) in [4.78, 5) is 9.55. The average molecular weight is 322 g/mol. The maximum absolute atomic E-state index is 13.2. The summed E-state index contributed by atoms with van der Waals surface area (Å²) < 4.78 is 13.2. The van der Waals surface area contributed by atoms with Gasteiger partial charge in [0.1, 0.15) is 11.6 Å². The molecule has 1 aromatic carbocycles. The summed E-state index contributed by atoms with van der Waals surface area (Å²) in [5.74, 6) is 1.02. The summed E-state index contributed by atoms with van der Waals surface area (Å²) in [6, 6.07) is 6.58. The lowest BCUT2D eigenvalue weighted by Gasteiger charge is -2.21. The highest BCUT2D eigenvalue weighted by Crippen LogP contribution is 2.28. The Morgan fingerprint density at radius 1 is 1.23 bits per heavy atom. The summed E-state index contributed by atoms with van der Waals surface area (Å²) in [7, 11) is 0. The van der Waals surface area contributed by atoms with Gasteiger partial charge in [-0.05, 0) is 30.7 Å². The minimum absolute atomic E-state index is 0. The topological polar surface area (TPSA) is 37.8 Å². The summed E-state index contributed by atoms with van der Waals surface area (Å²) in [5.41, 5.74) is 4.20. The lowest BCUT2D eigenvalue weighted by Crippen LogP contribution is -2.26. The molecular formula is C17H21ClFN3. The predicted molar refractivity (Wildman–Crippen MR) is 88.8 cm³/mol. The smallest absolute Gasteiger partial charge is 0.132 e. The van der Waals surface area contributed by atoms with Gasteiger partial charge in [-0.25, -0.2) is 14.4 Å². The molecule has 0 amide bonds. The Balaban J connectivity index is 0.00000176. The van der Waals surface area contributed by atoms with E-state index < -0.39 is 0 Å². The van der Waals surface area contributed by atoms with Gasteiger partial charge in [-0.3, -0.25) is 0 Å². The molecule has 2 heterocycles. The molecule has 1 aliphatic heterocycles. The molecule has 1 unspecified atom stereocenters. The fourth-order valence-corrected chi connectivity index (χ4v) is 2.61. The molecule has 0 spiro atoms. The van der Waals surface area contributed by atoms with Crippen LogP contribution in [0.1, 0.15) is 43.3 Å². The monoisotopic (exact) mass is 321 g/mol. The molecule has 1 atom stereocenters. The van der Waals surface area contributed by atoms with E-state index >= 15 is 0 Å². The maximum atomic E-state index is 13.2. The Morgan fingerprint density at radius 2 is 1.95 bits per heavy atom. The fraction of sp³-hybridized carbons (Fsp3) is 0.412. The van der Waals surface area contributed by atoms with Crippen molar-refractivity contribution >= 4 is 12.4 Å². The molecule has 22 heavy (non-hydrogen) atoms. The number of nitrogens with zero attached hydrogens (tertiary/aromatic N) is 2. The van der Waals surface area contributed by atoms with Gasteiger partial charge in [0.05, 0.1) is 11.4 Å². The third kappa shape index (κ3) is 3.28. The Bertz CT molecular complexity index is 643. The molecule has 3 rings (SSSR count). The number of benzene rings is 1. The minimum atomic E-state index is -0.220. The SMILES string of the molecule is CCC(C)c1nc2c(c(-c3ccc(F)cc3)n1)CNCC2.Cl. The van der Waals surface area contributed by atoms with Crippen molar-refractivity contribution in [2.24, 2.45) is 0 Å². The van der Waals surface area contributed by atoms with Crippen LogP contribution in [0, 0.1) is 5.82 Å². The molecule has 0 aliphatic carbocycles. The van der Waals surface area contributed by atoms with Gasteiger partial charge in [0, 0.05) is 36.6 Å². The number of nitrogens with one attached hydrogen (secondary N) is 1. The molecule has 1 N–H and O–H groups in total. The van der Waals surface area contributed by atoms with E-state index in [0.29, 0.717) is 5.92 Å². The van der Waals surface area contributed by atoms with Gasteiger partial charge in [-0.15, -0.1) is 12.4 Å². The molecular weight excluding hydrogens is 301 g/mol. The van der Waals surface area contributed by atoms with Crippen LogP contribution in [-0.2, 0) is 13.0 Å². The largest absolute Gasteiger partial charge is 0.312 e. The molecule has 0 saturated heterocycles. The van der Waals surface area contributed by atoms with E-state index in [-0.39, 0.29) is 18.2 Å². The molecule has 3 nitrogen and oxygen atoms in total. The molecule has 5 heteroatoms. The van der Waals surface area contributed by atoms with Crippen LogP contribution in [-0.4, -0.2) is 16.5 Å². The van der Waals surface area contributed by atoms with Crippen LogP contribution < -0.4 is 5.32 Å². The van der Waals surface area contributed by atoms with Crippen LogP contribution in [0.25, 0.3) is 11.3 Å². The standard InChI is InChI=1S/C17H20FN3.ClH/c1-3-11(2)17-20-15-8-9-19-10-14(15)16(21-17)12-4-6-13(18)7-5-12;/h4-7,11,19H,3,8-10H2,1-2H3;1H. The summed E-state index contributed by atoms with van der Waals surface area (Å²) in [5, 5.41) is 3.37. The number of aromatic nitrogens is 2. The highest BCUT2D eigenvalue weighted by molar-refractivity contribution is 5.85. The molecule has 118 valence electrons. The Morgan fingerprint density at radius 3 is 2.64 bits per heavy atom. The molecule has 1 aliphatic rings. The van der Waals surface area contributed by atoms with Crippen molar-refractivity contribution in [3.8, 4) is 11.3 Å². The second-order valence-electron chi connectivity index (χ2n) is 5.60. The lowest BCUT2D eigenvalue weighted by molar-refractivity contribution is 0.605. The third-order valence-electron chi connectivity index (χ3n) is 4.12. The zero-order valence-electron chi connectivity index (χ0n) is 12.9. The van der Waals surface area contributed by atoms with Gasteiger partial charge in [-0.2, -0.15) is 0 Å². The number of rotatable bonds is 3. The van der Waals surface area contributed by atoms with E-state index in [9.17, 15) is 4.39 Å². The van der Waals surface area contributed by atoms with Crippen molar-refractivity contribution < 1.29 is 4.39 Å². The highest BCUT2D eigenvalue weighted by Gasteiger charge is 2.20. The third-order valence-corrected chi connectivity index (χ3v) is 4.12. The van der Waals surface area contributed by atoms with Crippen LogP contribution in [0.5, 0.6) is 0 Å². The van der Waals surface area contributed by atoms with Crippen LogP contribution in [0.3, 0.4) is 0 Å². The van der Waals surface area contributed by atoms with Crippen molar-refractivity contribution in [3.63, 3.8) is 0 Å². The van der Waals surface area contributed by atoms with E-state index in [0.717, 1.165) is 54.3 Å². The van der Waals surface area contributed by atoms with E-state index in [2.05, 4.69) is 19.2 Å². The van der Waals surface area contributed by atoms with Crippen molar-refractivity contribution in [1.29, 1.82) is 0 Å². The van der Waals surface area contributed by atoms with Crippen LogP contribution >= 0.6 is 12.4 Å². The van der Waals surface area contributed by atoms with Crippen LogP contribution in [0.4, 0.5) is 4.39 Å². The van der Waals surface area contributed by atoms with Crippen molar-refractivity contribution in [2.75, 3.05) is 6.54 Å². The van der Waals surface area contributed by atoms with Gasteiger partial charge >= 0.3 is 0 Å². The Labute approximate surface area is 136 Å². The first-order valence-corrected chi connectivity index (χ1v) is 7.55. The number of fused-ring (bicyclic) bond motifs is 1. The Kier molecular flexibility index (Phi) is 5.48. The molecule has 0 radical (unpaired) electrons. The first kappa shape index (κ1) is 16.8. The molecule has 2 aromatic rings. The van der Waals surface area contributed by atoms with Gasteiger partial charge in [-0.1, -0.05) is 13.8 Å². The zero-order valence-corrected chi connectivity index (χ0v) is 13.7. The quantitative estimate of drug-likeness (QED) is 0.932. The first-order valence-electron chi connectivity index (χ1n) is 7.55. The summed E-state index contributed by atoms with van der Waals surface area (Å²) in [6.07, 6.45) is 1.94. The van der Waals surface area contributed by atoms with E-state index in [1.807, 2.05) is 0 Å². The highest BCUT2D eigenvalue weighted by atomic mass is 35.5. The van der Waals surface area contributed by atoms with Gasteiger partial charge in [0.25, 0.3) is 0 Å². The molecule has 1 aromatic heterocycles. The first-order chi connectivity index (χ1) is 10.2. The van der Waals surface area contributed by atoms with Gasteiger partial charge in [0.2, 0.25) is 0 Å². The molecule has 0 fully saturated rings. The zero-order chi connectivity index (χ0) is 14.8. The minimum Gasteiger partial charge on any atom is -0.312 e. The summed E-state index contributed by atoms with van der Waals surface area (Å²) >= 11 is 0. The van der Waals surface area contributed by atoms with E-state index in [4.69, 9.17) is 9.97 Å². The molecule has 0 saturated carbocycles. The number of halogens is 2. The van der Waals surface area contributed by atoms with Crippen LogP contribution in [0.15, 0.2) is 24.3 Å². The Hall–Kier alpha value is -1.52. The van der Waals surface area contributed by atoms with Gasteiger partial charge in [0.15, 0.2) is 0 Å². The van der Waals surface area contributed by atoms with Crippen molar-refractivity contribution in [1.82, 2.24) is 15.3 Å². The average Bonchev–Trinajstić information content (AvgIpc) is 2.54. The second kappa shape index (κ2) is 7.16. The second-order valence-corrected chi connectivity index (χ2v) is 5.60. The van der Waals surface area contributed by atoms with E-state index in [1.165, 1.54) is 12.1 Å².